The second-order valence-electron chi connectivity index (χ2n) is 6.18. The molecular weight excluding hydrogens is 280 g/mol. The van der Waals surface area contributed by atoms with Crippen LogP contribution in [0.2, 0.25) is 0 Å². The third kappa shape index (κ3) is 3.42. The summed E-state index contributed by atoms with van der Waals surface area (Å²) in [5.41, 5.74) is 0.831. The molecule has 120 valence electrons. The van der Waals surface area contributed by atoms with Gasteiger partial charge in [-0.3, -0.25) is 4.90 Å². The molecule has 1 aromatic rings. The zero-order valence-corrected chi connectivity index (χ0v) is 12.8. The minimum atomic E-state index is -0.694. The van der Waals surface area contributed by atoms with Gasteiger partial charge in [0.2, 0.25) is 0 Å². The van der Waals surface area contributed by atoms with Crippen molar-refractivity contribution in [1.29, 1.82) is 0 Å². The number of carbonyl (C=O) groups excluding carboxylic acids is 1. The molecule has 0 spiro atoms. The Morgan fingerprint density at radius 2 is 2.00 bits per heavy atom. The number of amides is 1. The first-order chi connectivity index (χ1) is 10.8. The molecule has 5 nitrogen and oxygen atoms in total. The summed E-state index contributed by atoms with van der Waals surface area (Å²) in [4.78, 5) is 13.7. The predicted octanol–water partition coefficient (Wildman–Crippen LogP) is 1.93. The van der Waals surface area contributed by atoms with E-state index in [2.05, 4.69) is 5.32 Å². The largest absolute Gasteiger partial charge is 0.447 e. The smallest absolute Gasteiger partial charge is 0.410 e. The summed E-state index contributed by atoms with van der Waals surface area (Å²) in [7, 11) is 0. The average molecular weight is 304 g/mol. The molecule has 2 atom stereocenters. The Hall–Kier alpha value is -1.59. The van der Waals surface area contributed by atoms with Crippen LogP contribution in [0.1, 0.15) is 30.9 Å². The predicted molar refractivity (Wildman–Crippen MR) is 83.5 cm³/mol. The van der Waals surface area contributed by atoms with Crippen molar-refractivity contribution in [2.75, 3.05) is 26.2 Å². The van der Waals surface area contributed by atoms with Crippen LogP contribution >= 0.6 is 0 Å². The van der Waals surface area contributed by atoms with E-state index in [1.807, 2.05) is 30.3 Å². The lowest BCUT2D eigenvalue weighted by Crippen LogP contribution is -2.40. The quantitative estimate of drug-likeness (QED) is 0.872. The van der Waals surface area contributed by atoms with E-state index in [1.165, 1.54) is 0 Å². The number of nitrogens with zero attached hydrogens (tertiary/aromatic N) is 1. The van der Waals surface area contributed by atoms with Crippen molar-refractivity contribution in [1.82, 2.24) is 10.2 Å². The fraction of sp³-hybridized carbons (Fsp3) is 0.588. The fourth-order valence-corrected chi connectivity index (χ4v) is 3.35. The maximum atomic E-state index is 12.0. The molecule has 1 unspecified atom stereocenters. The van der Waals surface area contributed by atoms with Crippen LogP contribution in [0.3, 0.4) is 0 Å². The van der Waals surface area contributed by atoms with E-state index in [4.69, 9.17) is 4.74 Å². The summed E-state index contributed by atoms with van der Waals surface area (Å²) in [6, 6.07) is 9.21. The Labute approximate surface area is 131 Å². The lowest BCUT2D eigenvalue weighted by Gasteiger charge is -2.29. The van der Waals surface area contributed by atoms with Crippen LogP contribution in [0.5, 0.6) is 0 Å². The molecular formula is C17H24N2O3. The van der Waals surface area contributed by atoms with E-state index in [1.54, 1.807) is 4.90 Å². The number of nitrogens with one attached hydrogen (secondary N) is 1. The number of aliphatic hydroxyl groups excluding tert-OH is 1. The lowest BCUT2D eigenvalue weighted by molar-refractivity contribution is 0.0830. The van der Waals surface area contributed by atoms with Crippen molar-refractivity contribution in [2.24, 2.45) is 5.92 Å². The molecule has 2 aliphatic heterocycles. The molecule has 1 aromatic carbocycles. The Morgan fingerprint density at radius 1 is 1.27 bits per heavy atom. The van der Waals surface area contributed by atoms with Gasteiger partial charge in [0, 0.05) is 6.54 Å². The summed E-state index contributed by atoms with van der Waals surface area (Å²) in [5, 5.41) is 13.9. The fourth-order valence-electron chi connectivity index (χ4n) is 3.35. The number of hydrogen-bond acceptors (Lipinski definition) is 4. The Kier molecular flexibility index (Phi) is 4.95. The van der Waals surface area contributed by atoms with Crippen LogP contribution in [0.15, 0.2) is 30.3 Å². The molecule has 22 heavy (non-hydrogen) atoms. The van der Waals surface area contributed by atoms with E-state index >= 15 is 0 Å². The summed E-state index contributed by atoms with van der Waals surface area (Å²) in [6.07, 6.45) is 2.31. The summed E-state index contributed by atoms with van der Waals surface area (Å²) in [6.45, 7) is 3.05. The number of benzene rings is 1. The van der Waals surface area contributed by atoms with Crippen molar-refractivity contribution < 1.29 is 14.6 Å². The molecule has 3 rings (SSSR count). The van der Waals surface area contributed by atoms with Gasteiger partial charge >= 0.3 is 6.09 Å². The maximum absolute atomic E-state index is 12.0. The van der Waals surface area contributed by atoms with Gasteiger partial charge in [-0.2, -0.15) is 0 Å². The van der Waals surface area contributed by atoms with Crippen LogP contribution in [-0.4, -0.2) is 48.4 Å². The molecule has 2 aliphatic rings. The molecule has 0 bridgehead atoms. The highest BCUT2D eigenvalue weighted by molar-refractivity contribution is 5.70. The van der Waals surface area contributed by atoms with Crippen molar-refractivity contribution in [3.8, 4) is 0 Å². The number of aliphatic hydroxyl groups is 1. The molecule has 0 aliphatic carbocycles. The Bertz CT molecular complexity index is 488. The van der Waals surface area contributed by atoms with Crippen LogP contribution in [0.4, 0.5) is 4.79 Å². The van der Waals surface area contributed by atoms with Crippen LogP contribution in [0.25, 0.3) is 0 Å². The van der Waals surface area contributed by atoms with Gasteiger partial charge in [-0.05, 0) is 43.8 Å². The van der Waals surface area contributed by atoms with E-state index in [0.717, 1.165) is 37.9 Å². The topological polar surface area (TPSA) is 61.8 Å². The first-order valence-electron chi connectivity index (χ1n) is 8.13. The minimum absolute atomic E-state index is 0.265. The molecule has 0 aromatic heterocycles. The zero-order chi connectivity index (χ0) is 15.4. The first kappa shape index (κ1) is 15.3. The van der Waals surface area contributed by atoms with Crippen molar-refractivity contribution in [3.05, 3.63) is 35.9 Å². The molecule has 5 heteroatoms. The highest BCUT2D eigenvalue weighted by Crippen LogP contribution is 2.27. The number of hydrogen-bond donors (Lipinski definition) is 2. The number of cyclic esters (lactones) is 1. The summed E-state index contributed by atoms with van der Waals surface area (Å²) >= 11 is 0. The monoisotopic (exact) mass is 304 g/mol. The molecule has 1 amide bonds. The highest BCUT2D eigenvalue weighted by Gasteiger charge is 2.38. The van der Waals surface area contributed by atoms with Crippen LogP contribution in [0, 0.1) is 5.92 Å². The van der Waals surface area contributed by atoms with Gasteiger partial charge in [0.05, 0.1) is 6.04 Å². The lowest BCUT2D eigenvalue weighted by atomic mass is 9.94. The van der Waals surface area contributed by atoms with Crippen molar-refractivity contribution in [2.45, 2.75) is 31.4 Å². The van der Waals surface area contributed by atoms with Gasteiger partial charge in [-0.1, -0.05) is 30.3 Å². The van der Waals surface area contributed by atoms with Crippen molar-refractivity contribution >= 4 is 6.09 Å². The third-order valence-corrected chi connectivity index (χ3v) is 4.75. The van der Waals surface area contributed by atoms with Crippen LogP contribution in [-0.2, 0) is 4.74 Å². The number of carbonyl (C=O) groups is 1. The Balaban J connectivity index is 1.61. The van der Waals surface area contributed by atoms with E-state index in [9.17, 15) is 9.90 Å². The molecule has 2 N–H and O–H groups in total. The number of rotatable bonds is 5. The average Bonchev–Trinajstić information content (AvgIpc) is 2.95. The number of ether oxygens (including phenoxy) is 1. The second-order valence-corrected chi connectivity index (χ2v) is 6.18. The molecule has 0 radical (unpaired) electrons. The SMILES string of the molecule is O=C1OC[C@@H](C(O)c2ccccc2)N1CCC1CCNCC1. The molecule has 2 fully saturated rings. The van der Waals surface area contributed by atoms with E-state index in [0.29, 0.717) is 12.5 Å². The zero-order valence-electron chi connectivity index (χ0n) is 12.8. The van der Waals surface area contributed by atoms with Gasteiger partial charge in [0.1, 0.15) is 12.7 Å². The van der Waals surface area contributed by atoms with E-state index < -0.39 is 6.10 Å². The number of piperidine rings is 1. The van der Waals surface area contributed by atoms with Crippen LogP contribution < -0.4 is 5.32 Å². The van der Waals surface area contributed by atoms with Gasteiger partial charge in [-0.25, -0.2) is 4.79 Å². The molecule has 2 heterocycles. The van der Waals surface area contributed by atoms with Gasteiger partial charge in [0.25, 0.3) is 0 Å². The van der Waals surface area contributed by atoms with Crippen molar-refractivity contribution in [3.63, 3.8) is 0 Å². The highest BCUT2D eigenvalue weighted by atomic mass is 16.6. The van der Waals surface area contributed by atoms with Gasteiger partial charge in [0.15, 0.2) is 0 Å². The van der Waals surface area contributed by atoms with Gasteiger partial charge in [-0.15, -0.1) is 0 Å². The molecule has 0 saturated carbocycles. The molecule has 2 saturated heterocycles. The maximum Gasteiger partial charge on any atom is 0.410 e. The minimum Gasteiger partial charge on any atom is -0.447 e. The van der Waals surface area contributed by atoms with E-state index in [-0.39, 0.29) is 18.7 Å². The van der Waals surface area contributed by atoms with Gasteiger partial charge < -0.3 is 15.2 Å². The standard InChI is InChI=1S/C17H24N2O3/c20-16(14-4-2-1-3-5-14)15-12-22-17(21)19(15)11-8-13-6-9-18-10-7-13/h1-5,13,15-16,18,20H,6-12H2/t15-,16?/m0/s1. The summed E-state index contributed by atoms with van der Waals surface area (Å²) in [5.74, 6) is 0.657. The second kappa shape index (κ2) is 7.11. The Morgan fingerprint density at radius 3 is 2.73 bits per heavy atom. The third-order valence-electron chi connectivity index (χ3n) is 4.75. The first-order valence-corrected chi connectivity index (χ1v) is 8.13. The summed E-state index contributed by atoms with van der Waals surface area (Å²) < 4.78 is 5.18. The normalized spacial score (nSPS) is 24.3.